The monoisotopic (exact) mass is 257 g/mol. The van der Waals surface area contributed by atoms with E-state index in [0.717, 1.165) is 36.1 Å². The van der Waals surface area contributed by atoms with Crippen molar-refractivity contribution < 1.29 is 4.74 Å². The molecule has 1 fully saturated rings. The molecule has 1 aliphatic carbocycles. The van der Waals surface area contributed by atoms with Gasteiger partial charge in [-0.05, 0) is 25.0 Å². The number of para-hydroxylation sites is 1. The summed E-state index contributed by atoms with van der Waals surface area (Å²) in [5.74, 6) is 0.913. The van der Waals surface area contributed by atoms with Crippen LogP contribution in [-0.2, 0) is 13.1 Å². The number of benzene rings is 1. The number of ether oxygens (including phenoxy) is 1. The Hall–Kier alpha value is -1.81. The molecule has 0 saturated heterocycles. The number of aromatic nitrogens is 2. The highest BCUT2D eigenvalue weighted by Gasteiger charge is 2.20. The van der Waals surface area contributed by atoms with Crippen molar-refractivity contribution in [3.05, 3.63) is 47.8 Å². The zero-order valence-electron chi connectivity index (χ0n) is 11.2. The highest BCUT2D eigenvalue weighted by Crippen LogP contribution is 2.20. The van der Waals surface area contributed by atoms with Crippen LogP contribution in [0.5, 0.6) is 5.75 Å². The van der Waals surface area contributed by atoms with Gasteiger partial charge in [0.25, 0.3) is 0 Å². The Morgan fingerprint density at radius 1 is 1.32 bits per heavy atom. The van der Waals surface area contributed by atoms with Crippen molar-refractivity contribution in [3.63, 3.8) is 0 Å². The van der Waals surface area contributed by atoms with Crippen LogP contribution in [0.1, 0.15) is 24.1 Å². The number of hydrogen-bond acceptors (Lipinski definition) is 3. The molecule has 1 saturated carbocycles. The summed E-state index contributed by atoms with van der Waals surface area (Å²) in [6, 6.07) is 10.9. The minimum absolute atomic E-state index is 0.722. The summed E-state index contributed by atoms with van der Waals surface area (Å²) in [4.78, 5) is 0. The summed E-state index contributed by atoms with van der Waals surface area (Å²) in [5.41, 5.74) is 2.25. The van der Waals surface area contributed by atoms with E-state index in [4.69, 9.17) is 4.74 Å². The van der Waals surface area contributed by atoms with Gasteiger partial charge in [0.2, 0.25) is 0 Å². The van der Waals surface area contributed by atoms with Crippen molar-refractivity contribution in [1.82, 2.24) is 15.1 Å². The van der Waals surface area contributed by atoms with Gasteiger partial charge in [0, 0.05) is 24.3 Å². The third-order valence-electron chi connectivity index (χ3n) is 3.37. The molecule has 100 valence electrons. The molecule has 0 radical (unpaired) electrons. The number of nitrogens with one attached hydrogen (secondary N) is 1. The molecular weight excluding hydrogens is 238 g/mol. The summed E-state index contributed by atoms with van der Waals surface area (Å²) in [6.45, 7) is 1.61. The molecule has 0 aliphatic heterocycles. The van der Waals surface area contributed by atoms with E-state index in [9.17, 15) is 0 Å². The molecule has 4 nitrogen and oxygen atoms in total. The zero-order chi connectivity index (χ0) is 13.1. The standard InChI is InChI=1S/C15H19N3O/c1-19-15-5-3-2-4-12(15)11-18-9-8-14(17-18)10-16-13-6-7-13/h2-5,8-9,13,16H,6-7,10-11H2,1H3. The van der Waals surface area contributed by atoms with Crippen molar-refractivity contribution in [2.75, 3.05) is 7.11 Å². The van der Waals surface area contributed by atoms with Crippen LogP contribution >= 0.6 is 0 Å². The van der Waals surface area contributed by atoms with Crippen LogP contribution in [0, 0.1) is 0 Å². The third-order valence-corrected chi connectivity index (χ3v) is 3.37. The quantitative estimate of drug-likeness (QED) is 0.862. The molecular formula is C15H19N3O. The van der Waals surface area contributed by atoms with Crippen LogP contribution in [0.15, 0.2) is 36.5 Å². The highest BCUT2D eigenvalue weighted by atomic mass is 16.5. The smallest absolute Gasteiger partial charge is 0.123 e. The fraction of sp³-hybridized carbons (Fsp3) is 0.400. The van der Waals surface area contributed by atoms with E-state index in [-0.39, 0.29) is 0 Å². The average Bonchev–Trinajstić information content (AvgIpc) is 3.17. The van der Waals surface area contributed by atoms with Gasteiger partial charge in [-0.15, -0.1) is 0 Å². The van der Waals surface area contributed by atoms with Crippen LogP contribution in [0.2, 0.25) is 0 Å². The molecule has 0 spiro atoms. The predicted octanol–water partition coefficient (Wildman–Crippen LogP) is 2.19. The summed E-state index contributed by atoms with van der Waals surface area (Å²) < 4.78 is 7.32. The van der Waals surface area contributed by atoms with Crippen LogP contribution in [0.3, 0.4) is 0 Å². The second kappa shape index (κ2) is 5.45. The Labute approximate surface area is 113 Å². The van der Waals surface area contributed by atoms with Crippen LogP contribution in [0.4, 0.5) is 0 Å². The maximum Gasteiger partial charge on any atom is 0.123 e. The minimum Gasteiger partial charge on any atom is -0.496 e. The van der Waals surface area contributed by atoms with Crippen molar-refractivity contribution in [3.8, 4) is 5.75 Å². The van der Waals surface area contributed by atoms with Gasteiger partial charge >= 0.3 is 0 Å². The molecule has 1 heterocycles. The first kappa shape index (κ1) is 12.2. The van der Waals surface area contributed by atoms with Gasteiger partial charge in [0.05, 0.1) is 19.3 Å². The number of methoxy groups -OCH3 is 1. The fourth-order valence-electron chi connectivity index (χ4n) is 2.13. The van der Waals surface area contributed by atoms with Crippen molar-refractivity contribution in [1.29, 1.82) is 0 Å². The molecule has 2 aromatic rings. The van der Waals surface area contributed by atoms with Crippen LogP contribution in [-0.4, -0.2) is 22.9 Å². The zero-order valence-corrected chi connectivity index (χ0v) is 11.2. The SMILES string of the molecule is COc1ccccc1Cn1ccc(CNC2CC2)n1. The van der Waals surface area contributed by atoms with E-state index in [1.165, 1.54) is 12.8 Å². The number of rotatable bonds is 6. The molecule has 1 aromatic heterocycles. The number of nitrogens with zero attached hydrogens (tertiary/aromatic N) is 2. The maximum atomic E-state index is 5.36. The van der Waals surface area contributed by atoms with Gasteiger partial charge < -0.3 is 10.1 Å². The van der Waals surface area contributed by atoms with Gasteiger partial charge in [0.15, 0.2) is 0 Å². The Balaban J connectivity index is 1.65. The lowest BCUT2D eigenvalue weighted by Crippen LogP contribution is -2.16. The van der Waals surface area contributed by atoms with Gasteiger partial charge in [-0.25, -0.2) is 0 Å². The van der Waals surface area contributed by atoms with Crippen LogP contribution < -0.4 is 10.1 Å². The van der Waals surface area contributed by atoms with Gasteiger partial charge in [0.1, 0.15) is 5.75 Å². The molecule has 0 bridgehead atoms. The summed E-state index contributed by atoms with van der Waals surface area (Å²) in [7, 11) is 1.70. The molecule has 0 amide bonds. The molecule has 0 unspecified atom stereocenters. The second-order valence-corrected chi connectivity index (χ2v) is 4.97. The largest absolute Gasteiger partial charge is 0.496 e. The Morgan fingerprint density at radius 3 is 2.95 bits per heavy atom. The summed E-state index contributed by atoms with van der Waals surface area (Å²) >= 11 is 0. The molecule has 19 heavy (non-hydrogen) atoms. The predicted molar refractivity (Wildman–Crippen MR) is 74.2 cm³/mol. The van der Waals surface area contributed by atoms with Crippen molar-refractivity contribution in [2.24, 2.45) is 0 Å². The minimum atomic E-state index is 0.722. The van der Waals surface area contributed by atoms with Gasteiger partial charge in [-0.3, -0.25) is 4.68 Å². The summed E-state index contributed by atoms with van der Waals surface area (Å²) in [5, 5.41) is 8.05. The van der Waals surface area contributed by atoms with Gasteiger partial charge in [-0.1, -0.05) is 18.2 Å². The molecule has 4 heteroatoms. The Kier molecular flexibility index (Phi) is 3.51. The third kappa shape index (κ3) is 3.15. The molecule has 0 atom stereocenters. The molecule has 1 N–H and O–H groups in total. The molecule has 3 rings (SSSR count). The average molecular weight is 257 g/mol. The molecule has 1 aliphatic rings. The van der Waals surface area contributed by atoms with Crippen LogP contribution in [0.25, 0.3) is 0 Å². The van der Waals surface area contributed by atoms with Crippen molar-refractivity contribution in [2.45, 2.75) is 32.0 Å². The topological polar surface area (TPSA) is 39.1 Å². The van der Waals surface area contributed by atoms with Crippen molar-refractivity contribution >= 4 is 0 Å². The summed E-state index contributed by atoms with van der Waals surface area (Å²) in [6.07, 6.45) is 4.64. The normalized spacial score (nSPS) is 14.6. The van der Waals surface area contributed by atoms with E-state index < -0.39 is 0 Å². The molecule has 1 aromatic carbocycles. The van der Waals surface area contributed by atoms with Gasteiger partial charge in [-0.2, -0.15) is 5.10 Å². The van der Waals surface area contributed by atoms with E-state index in [0.29, 0.717) is 0 Å². The highest BCUT2D eigenvalue weighted by molar-refractivity contribution is 5.33. The van der Waals surface area contributed by atoms with E-state index in [1.807, 2.05) is 29.1 Å². The van der Waals surface area contributed by atoms with E-state index in [2.05, 4.69) is 22.5 Å². The maximum absolute atomic E-state index is 5.36. The lowest BCUT2D eigenvalue weighted by Gasteiger charge is -2.08. The Bertz CT molecular complexity index is 546. The van der Waals surface area contributed by atoms with E-state index >= 15 is 0 Å². The fourth-order valence-corrected chi connectivity index (χ4v) is 2.13. The lowest BCUT2D eigenvalue weighted by atomic mass is 10.2. The number of hydrogen-bond donors (Lipinski definition) is 1. The first-order chi connectivity index (χ1) is 9.35. The first-order valence-corrected chi connectivity index (χ1v) is 6.73. The first-order valence-electron chi connectivity index (χ1n) is 6.73. The van der Waals surface area contributed by atoms with E-state index in [1.54, 1.807) is 7.11 Å². The lowest BCUT2D eigenvalue weighted by molar-refractivity contribution is 0.407. The Morgan fingerprint density at radius 2 is 2.16 bits per heavy atom. The second-order valence-electron chi connectivity index (χ2n) is 4.97.